The first-order chi connectivity index (χ1) is 7.58. The lowest BCUT2D eigenvalue weighted by molar-refractivity contribution is 0.633. The summed E-state index contributed by atoms with van der Waals surface area (Å²) in [6.07, 6.45) is 0. The number of nitrogen functional groups attached to an aromatic ring is 1. The van der Waals surface area contributed by atoms with Gasteiger partial charge < -0.3 is 5.73 Å². The lowest BCUT2D eigenvalue weighted by Gasteiger charge is -2.06. The van der Waals surface area contributed by atoms with E-state index in [4.69, 9.17) is 28.9 Å². The third kappa shape index (κ3) is 2.13. The largest absolute Gasteiger partial charge is 0.381 e. The minimum Gasteiger partial charge on any atom is -0.381 e. The summed E-state index contributed by atoms with van der Waals surface area (Å²) in [6, 6.07) is 5.31. The molecule has 0 aliphatic heterocycles. The molecule has 1 aromatic carbocycles. The minimum absolute atomic E-state index is 0.429. The molecule has 0 atom stereocenters. The standard InChI is InChI=1S/C10H10Cl2N4/c1-6-10(13)14-15-16(6)5-7-4-8(11)2-3-9(7)12/h2-4H,5,13H2,1H3. The van der Waals surface area contributed by atoms with Crippen molar-refractivity contribution in [1.29, 1.82) is 0 Å². The van der Waals surface area contributed by atoms with Crippen LogP contribution in [0.1, 0.15) is 11.3 Å². The fraction of sp³-hybridized carbons (Fsp3) is 0.200. The van der Waals surface area contributed by atoms with Crippen LogP contribution in [0.3, 0.4) is 0 Å². The van der Waals surface area contributed by atoms with E-state index in [9.17, 15) is 0 Å². The molecule has 0 fully saturated rings. The second-order valence-electron chi connectivity index (χ2n) is 3.45. The Morgan fingerprint density at radius 2 is 2.12 bits per heavy atom. The van der Waals surface area contributed by atoms with E-state index >= 15 is 0 Å². The Kier molecular flexibility index (Phi) is 3.03. The Labute approximate surface area is 103 Å². The van der Waals surface area contributed by atoms with Gasteiger partial charge in [-0.2, -0.15) is 0 Å². The molecule has 6 heteroatoms. The lowest BCUT2D eigenvalue weighted by atomic mass is 10.2. The van der Waals surface area contributed by atoms with Crippen LogP contribution in [0.15, 0.2) is 18.2 Å². The molecule has 0 aliphatic carbocycles. The maximum atomic E-state index is 6.05. The molecule has 0 saturated heterocycles. The average molecular weight is 257 g/mol. The van der Waals surface area contributed by atoms with Crippen LogP contribution in [0.25, 0.3) is 0 Å². The Bertz CT molecular complexity index is 522. The van der Waals surface area contributed by atoms with E-state index in [1.54, 1.807) is 22.9 Å². The van der Waals surface area contributed by atoms with Gasteiger partial charge in [0.15, 0.2) is 5.82 Å². The van der Waals surface area contributed by atoms with Crippen molar-refractivity contribution >= 4 is 29.0 Å². The van der Waals surface area contributed by atoms with Gasteiger partial charge in [0, 0.05) is 10.0 Å². The number of halogens is 2. The zero-order valence-corrected chi connectivity index (χ0v) is 10.1. The molecule has 1 heterocycles. The van der Waals surface area contributed by atoms with Crippen molar-refractivity contribution < 1.29 is 0 Å². The highest BCUT2D eigenvalue weighted by molar-refractivity contribution is 6.33. The van der Waals surface area contributed by atoms with Gasteiger partial charge in [-0.1, -0.05) is 28.4 Å². The molecule has 4 nitrogen and oxygen atoms in total. The fourth-order valence-electron chi connectivity index (χ4n) is 1.35. The molecule has 0 saturated carbocycles. The van der Waals surface area contributed by atoms with E-state index in [1.807, 2.05) is 6.92 Å². The van der Waals surface area contributed by atoms with Crippen LogP contribution in [0, 0.1) is 6.92 Å². The highest BCUT2D eigenvalue weighted by Crippen LogP contribution is 2.22. The van der Waals surface area contributed by atoms with E-state index in [1.165, 1.54) is 0 Å². The normalized spacial score (nSPS) is 10.7. The summed E-state index contributed by atoms with van der Waals surface area (Å²) < 4.78 is 1.69. The van der Waals surface area contributed by atoms with Gasteiger partial charge in [0.25, 0.3) is 0 Å². The molecule has 0 radical (unpaired) electrons. The Morgan fingerprint density at radius 3 is 2.75 bits per heavy atom. The molecule has 84 valence electrons. The third-order valence-electron chi connectivity index (χ3n) is 2.35. The van der Waals surface area contributed by atoms with E-state index in [2.05, 4.69) is 10.3 Å². The molecule has 1 aromatic heterocycles. The minimum atomic E-state index is 0.429. The molecular weight excluding hydrogens is 247 g/mol. The highest BCUT2D eigenvalue weighted by atomic mass is 35.5. The lowest BCUT2D eigenvalue weighted by Crippen LogP contribution is -2.05. The van der Waals surface area contributed by atoms with Crippen LogP contribution < -0.4 is 5.73 Å². The number of aromatic nitrogens is 3. The van der Waals surface area contributed by atoms with Gasteiger partial charge in [0.1, 0.15) is 0 Å². The number of benzene rings is 1. The summed E-state index contributed by atoms with van der Waals surface area (Å²) in [5.74, 6) is 0.429. The van der Waals surface area contributed by atoms with Crippen molar-refractivity contribution in [2.24, 2.45) is 0 Å². The zero-order chi connectivity index (χ0) is 11.7. The molecule has 0 spiro atoms. The predicted molar refractivity (Wildman–Crippen MR) is 64.7 cm³/mol. The molecule has 2 aromatic rings. The van der Waals surface area contributed by atoms with Gasteiger partial charge >= 0.3 is 0 Å². The van der Waals surface area contributed by atoms with Crippen molar-refractivity contribution in [3.05, 3.63) is 39.5 Å². The molecule has 0 unspecified atom stereocenters. The maximum absolute atomic E-state index is 6.05. The van der Waals surface area contributed by atoms with Gasteiger partial charge in [-0.3, -0.25) is 0 Å². The summed E-state index contributed by atoms with van der Waals surface area (Å²) in [5, 5.41) is 8.99. The van der Waals surface area contributed by atoms with E-state index in [0.29, 0.717) is 22.4 Å². The van der Waals surface area contributed by atoms with Crippen molar-refractivity contribution in [3.8, 4) is 0 Å². The van der Waals surface area contributed by atoms with Crippen molar-refractivity contribution in [3.63, 3.8) is 0 Å². The SMILES string of the molecule is Cc1c(N)nnn1Cc1cc(Cl)ccc1Cl. The van der Waals surface area contributed by atoms with Gasteiger partial charge in [-0.05, 0) is 30.7 Å². The second kappa shape index (κ2) is 4.31. The molecule has 0 amide bonds. The number of nitrogens with zero attached hydrogens (tertiary/aromatic N) is 3. The third-order valence-corrected chi connectivity index (χ3v) is 2.95. The van der Waals surface area contributed by atoms with Crippen LogP contribution >= 0.6 is 23.2 Å². The average Bonchev–Trinajstić information content (AvgIpc) is 2.55. The number of hydrogen-bond acceptors (Lipinski definition) is 3. The number of nitrogens with two attached hydrogens (primary N) is 1. The topological polar surface area (TPSA) is 56.7 Å². The molecular formula is C10H10Cl2N4. The van der Waals surface area contributed by atoms with Gasteiger partial charge in [0.2, 0.25) is 0 Å². The quantitative estimate of drug-likeness (QED) is 0.899. The predicted octanol–water partition coefficient (Wildman–Crippen LogP) is 2.52. The van der Waals surface area contributed by atoms with Crippen molar-refractivity contribution in [1.82, 2.24) is 15.0 Å². The number of hydrogen-bond donors (Lipinski definition) is 1. The van der Waals surface area contributed by atoms with E-state index in [-0.39, 0.29) is 0 Å². The van der Waals surface area contributed by atoms with Crippen LogP contribution in [-0.4, -0.2) is 15.0 Å². The zero-order valence-electron chi connectivity index (χ0n) is 8.61. The second-order valence-corrected chi connectivity index (χ2v) is 4.30. The highest BCUT2D eigenvalue weighted by Gasteiger charge is 2.08. The molecule has 16 heavy (non-hydrogen) atoms. The first kappa shape index (κ1) is 11.2. The van der Waals surface area contributed by atoms with Crippen molar-refractivity contribution in [2.45, 2.75) is 13.5 Å². The van der Waals surface area contributed by atoms with E-state index in [0.717, 1.165) is 11.3 Å². The molecule has 2 rings (SSSR count). The van der Waals surface area contributed by atoms with Gasteiger partial charge in [-0.25, -0.2) is 4.68 Å². The fourth-order valence-corrected chi connectivity index (χ4v) is 1.72. The van der Waals surface area contributed by atoms with Gasteiger partial charge in [0.05, 0.1) is 12.2 Å². The summed E-state index contributed by atoms with van der Waals surface area (Å²) in [5.41, 5.74) is 7.32. The molecule has 0 aliphatic rings. The van der Waals surface area contributed by atoms with Crippen LogP contribution in [0.5, 0.6) is 0 Å². The summed E-state index contributed by atoms with van der Waals surface area (Å²) in [6.45, 7) is 2.36. The Morgan fingerprint density at radius 1 is 1.38 bits per heavy atom. The summed E-state index contributed by atoms with van der Waals surface area (Å²) in [7, 11) is 0. The number of anilines is 1. The van der Waals surface area contributed by atoms with Crippen LogP contribution in [0.2, 0.25) is 10.0 Å². The molecule has 2 N–H and O–H groups in total. The first-order valence-electron chi connectivity index (χ1n) is 4.67. The van der Waals surface area contributed by atoms with E-state index < -0.39 is 0 Å². The Hall–Kier alpha value is -1.26. The smallest absolute Gasteiger partial charge is 0.168 e. The first-order valence-corrected chi connectivity index (χ1v) is 5.43. The monoisotopic (exact) mass is 256 g/mol. The van der Waals surface area contributed by atoms with Crippen LogP contribution in [0.4, 0.5) is 5.82 Å². The molecule has 0 bridgehead atoms. The Balaban J connectivity index is 2.33. The van der Waals surface area contributed by atoms with Crippen molar-refractivity contribution in [2.75, 3.05) is 5.73 Å². The van der Waals surface area contributed by atoms with Crippen LogP contribution in [-0.2, 0) is 6.54 Å². The summed E-state index contributed by atoms with van der Waals surface area (Å²) in [4.78, 5) is 0. The number of rotatable bonds is 2. The maximum Gasteiger partial charge on any atom is 0.168 e. The van der Waals surface area contributed by atoms with Gasteiger partial charge in [-0.15, -0.1) is 5.10 Å². The summed E-state index contributed by atoms with van der Waals surface area (Å²) >= 11 is 12.0.